The normalized spacial score (nSPS) is 14.4. The Balaban J connectivity index is 1.52. The van der Waals surface area contributed by atoms with Crippen molar-refractivity contribution in [2.45, 2.75) is 25.2 Å². The van der Waals surface area contributed by atoms with E-state index in [9.17, 15) is 4.79 Å². The number of thiophene rings is 1. The van der Waals surface area contributed by atoms with Crippen LogP contribution in [0, 0.1) is 0 Å². The van der Waals surface area contributed by atoms with Gasteiger partial charge in [0, 0.05) is 11.9 Å². The van der Waals surface area contributed by atoms with Crippen LogP contribution in [0.15, 0.2) is 35.8 Å². The molecule has 4 nitrogen and oxygen atoms in total. The highest BCUT2D eigenvalue weighted by molar-refractivity contribution is 7.12. The first kappa shape index (κ1) is 13.5. The molecule has 0 atom stereocenters. The van der Waals surface area contributed by atoms with E-state index in [4.69, 9.17) is 0 Å². The lowest BCUT2D eigenvalue weighted by Crippen LogP contribution is -2.25. The third-order valence-corrected chi connectivity index (χ3v) is 5.06. The SMILES string of the molecule is O=C(NCCc1c(C2CC2)ccc2[nH]ncc12)c1cccs1. The molecule has 0 spiro atoms. The van der Waals surface area contributed by atoms with E-state index < -0.39 is 0 Å². The van der Waals surface area contributed by atoms with Crippen molar-refractivity contribution < 1.29 is 4.79 Å². The molecule has 1 saturated carbocycles. The number of carbonyl (C=O) groups is 1. The van der Waals surface area contributed by atoms with Gasteiger partial charge in [0.05, 0.1) is 16.6 Å². The molecule has 2 aromatic heterocycles. The fourth-order valence-electron chi connectivity index (χ4n) is 2.94. The van der Waals surface area contributed by atoms with Crippen LogP contribution in [0.4, 0.5) is 0 Å². The zero-order valence-electron chi connectivity index (χ0n) is 12.1. The van der Waals surface area contributed by atoms with Crippen LogP contribution in [0.3, 0.4) is 0 Å². The number of H-pyrrole nitrogens is 1. The maximum atomic E-state index is 12.0. The number of nitrogens with one attached hydrogen (secondary N) is 2. The molecule has 1 aromatic carbocycles. The molecule has 2 N–H and O–H groups in total. The number of aromatic nitrogens is 2. The van der Waals surface area contributed by atoms with E-state index in [1.807, 2.05) is 23.7 Å². The van der Waals surface area contributed by atoms with E-state index >= 15 is 0 Å². The molecule has 1 aliphatic carbocycles. The molecule has 112 valence electrons. The number of fused-ring (bicyclic) bond motifs is 1. The van der Waals surface area contributed by atoms with Gasteiger partial charge in [-0.05, 0) is 53.8 Å². The first-order chi connectivity index (χ1) is 10.8. The summed E-state index contributed by atoms with van der Waals surface area (Å²) < 4.78 is 0. The summed E-state index contributed by atoms with van der Waals surface area (Å²) in [5, 5.41) is 13.3. The number of rotatable bonds is 5. The second-order valence-corrected chi connectivity index (χ2v) is 6.67. The molecule has 1 amide bonds. The van der Waals surface area contributed by atoms with Crippen LogP contribution < -0.4 is 5.32 Å². The average Bonchev–Trinajstić information content (AvgIpc) is 3.04. The molecule has 4 rings (SSSR count). The quantitative estimate of drug-likeness (QED) is 0.758. The standard InChI is InChI=1S/C17H17N3OS/c21-17(16-2-1-9-22-16)18-8-7-13-12(11-3-4-11)5-6-15-14(13)10-19-20-15/h1-2,5-6,9-11H,3-4,7-8H2,(H,18,21)(H,19,20). The van der Waals surface area contributed by atoms with Crippen molar-refractivity contribution in [1.82, 2.24) is 15.5 Å². The molecule has 2 heterocycles. The highest BCUT2D eigenvalue weighted by atomic mass is 32.1. The summed E-state index contributed by atoms with van der Waals surface area (Å²) in [4.78, 5) is 12.8. The lowest BCUT2D eigenvalue weighted by Gasteiger charge is -2.11. The molecule has 0 unspecified atom stereocenters. The Morgan fingerprint density at radius 2 is 2.27 bits per heavy atom. The van der Waals surface area contributed by atoms with Crippen LogP contribution in [-0.4, -0.2) is 22.6 Å². The van der Waals surface area contributed by atoms with Gasteiger partial charge in [-0.1, -0.05) is 12.1 Å². The van der Waals surface area contributed by atoms with Gasteiger partial charge < -0.3 is 5.32 Å². The van der Waals surface area contributed by atoms with Crippen molar-refractivity contribution in [3.8, 4) is 0 Å². The van der Waals surface area contributed by atoms with Gasteiger partial charge in [-0.2, -0.15) is 5.10 Å². The van der Waals surface area contributed by atoms with E-state index in [-0.39, 0.29) is 5.91 Å². The molecular weight excluding hydrogens is 294 g/mol. The van der Waals surface area contributed by atoms with E-state index in [0.717, 1.165) is 16.8 Å². The summed E-state index contributed by atoms with van der Waals surface area (Å²) in [5.41, 5.74) is 3.84. The Bertz CT molecular complexity index is 803. The van der Waals surface area contributed by atoms with Gasteiger partial charge in [0.15, 0.2) is 0 Å². The van der Waals surface area contributed by atoms with E-state index in [2.05, 4.69) is 27.6 Å². The number of hydrogen-bond acceptors (Lipinski definition) is 3. The Hall–Kier alpha value is -2.14. The first-order valence-corrected chi connectivity index (χ1v) is 8.47. The van der Waals surface area contributed by atoms with Crippen LogP contribution in [0.25, 0.3) is 10.9 Å². The van der Waals surface area contributed by atoms with Gasteiger partial charge in [-0.25, -0.2) is 0 Å². The van der Waals surface area contributed by atoms with Crippen LogP contribution >= 0.6 is 11.3 Å². The maximum absolute atomic E-state index is 12.0. The second-order valence-electron chi connectivity index (χ2n) is 5.72. The average molecular weight is 311 g/mol. The van der Waals surface area contributed by atoms with Gasteiger partial charge in [0.1, 0.15) is 0 Å². The molecule has 22 heavy (non-hydrogen) atoms. The minimum atomic E-state index is 0.0161. The monoisotopic (exact) mass is 311 g/mol. The lowest BCUT2D eigenvalue weighted by molar-refractivity contribution is 0.0958. The van der Waals surface area contributed by atoms with Crippen molar-refractivity contribution in [2.75, 3.05) is 6.54 Å². The summed E-state index contributed by atoms with van der Waals surface area (Å²) in [6, 6.07) is 8.09. The van der Waals surface area contributed by atoms with Crippen molar-refractivity contribution in [3.63, 3.8) is 0 Å². The summed E-state index contributed by atoms with van der Waals surface area (Å²) in [6.07, 6.45) is 5.30. The third-order valence-electron chi connectivity index (χ3n) is 4.19. The van der Waals surface area contributed by atoms with Gasteiger partial charge in [-0.3, -0.25) is 9.89 Å². The largest absolute Gasteiger partial charge is 0.351 e. The van der Waals surface area contributed by atoms with E-state index in [0.29, 0.717) is 12.5 Å². The third kappa shape index (κ3) is 2.52. The number of nitrogens with zero attached hydrogens (tertiary/aromatic N) is 1. The zero-order valence-corrected chi connectivity index (χ0v) is 13.0. The van der Waals surface area contributed by atoms with Crippen molar-refractivity contribution >= 4 is 28.1 Å². The fraction of sp³-hybridized carbons (Fsp3) is 0.294. The van der Waals surface area contributed by atoms with E-state index in [1.165, 1.54) is 40.7 Å². The molecule has 0 saturated heterocycles. The number of carbonyl (C=O) groups excluding carboxylic acids is 1. The smallest absolute Gasteiger partial charge is 0.261 e. The maximum Gasteiger partial charge on any atom is 0.261 e. The Morgan fingerprint density at radius 1 is 1.36 bits per heavy atom. The number of aromatic amines is 1. The predicted molar refractivity (Wildman–Crippen MR) is 88.4 cm³/mol. The molecule has 0 bridgehead atoms. The van der Waals surface area contributed by atoms with Gasteiger partial charge in [0.25, 0.3) is 5.91 Å². The van der Waals surface area contributed by atoms with Gasteiger partial charge >= 0.3 is 0 Å². The lowest BCUT2D eigenvalue weighted by atomic mass is 9.97. The Morgan fingerprint density at radius 3 is 3.05 bits per heavy atom. The van der Waals surface area contributed by atoms with Crippen molar-refractivity contribution in [2.24, 2.45) is 0 Å². The highest BCUT2D eigenvalue weighted by Gasteiger charge is 2.26. The molecule has 0 radical (unpaired) electrons. The van der Waals surface area contributed by atoms with Gasteiger partial charge in [-0.15, -0.1) is 11.3 Å². The summed E-state index contributed by atoms with van der Waals surface area (Å²) in [7, 11) is 0. The minimum Gasteiger partial charge on any atom is -0.351 e. The van der Waals surface area contributed by atoms with Crippen LogP contribution in [-0.2, 0) is 6.42 Å². The van der Waals surface area contributed by atoms with Crippen molar-refractivity contribution in [1.29, 1.82) is 0 Å². The van der Waals surface area contributed by atoms with Crippen molar-refractivity contribution in [3.05, 3.63) is 51.8 Å². The summed E-state index contributed by atoms with van der Waals surface area (Å²) >= 11 is 1.47. The number of benzene rings is 1. The molecule has 0 aliphatic heterocycles. The second kappa shape index (κ2) is 5.57. The van der Waals surface area contributed by atoms with Crippen LogP contribution in [0.2, 0.25) is 0 Å². The Labute approximate surface area is 132 Å². The fourth-order valence-corrected chi connectivity index (χ4v) is 3.58. The number of hydrogen-bond donors (Lipinski definition) is 2. The first-order valence-electron chi connectivity index (χ1n) is 7.59. The summed E-state index contributed by atoms with van der Waals surface area (Å²) in [6.45, 7) is 0.654. The number of amides is 1. The topological polar surface area (TPSA) is 57.8 Å². The Kier molecular flexibility index (Phi) is 3.42. The van der Waals surface area contributed by atoms with Crippen LogP contribution in [0.1, 0.15) is 39.6 Å². The van der Waals surface area contributed by atoms with E-state index in [1.54, 1.807) is 0 Å². The molecule has 3 aromatic rings. The zero-order chi connectivity index (χ0) is 14.9. The minimum absolute atomic E-state index is 0.0161. The molecule has 5 heteroatoms. The molecule has 1 fully saturated rings. The van der Waals surface area contributed by atoms with Gasteiger partial charge in [0.2, 0.25) is 0 Å². The predicted octanol–water partition coefficient (Wildman–Crippen LogP) is 3.47. The summed E-state index contributed by atoms with van der Waals surface area (Å²) in [5.74, 6) is 0.713. The molecule has 1 aliphatic rings. The highest BCUT2D eigenvalue weighted by Crippen LogP contribution is 2.43. The molecular formula is C17H17N3OS. The van der Waals surface area contributed by atoms with Crippen LogP contribution in [0.5, 0.6) is 0 Å².